The van der Waals surface area contributed by atoms with Gasteiger partial charge in [0.05, 0.1) is 10.4 Å². The summed E-state index contributed by atoms with van der Waals surface area (Å²) in [6.07, 6.45) is 5.65. The molecular weight excluding hydrogens is 390 g/mol. The van der Waals surface area contributed by atoms with Crippen LogP contribution in [0.15, 0.2) is 42.5 Å². The lowest BCUT2D eigenvalue weighted by Gasteiger charge is -2.51. The van der Waals surface area contributed by atoms with E-state index in [1.165, 1.54) is 36.2 Å². The topological polar surface area (TPSA) is 82.4 Å². The minimum absolute atomic E-state index is 0.0153. The molecule has 6 nitrogen and oxygen atoms in total. The van der Waals surface area contributed by atoms with Gasteiger partial charge in [-0.25, -0.2) is 0 Å². The predicted molar refractivity (Wildman–Crippen MR) is 119 cm³/mol. The summed E-state index contributed by atoms with van der Waals surface area (Å²) in [4.78, 5) is 17.1. The van der Waals surface area contributed by atoms with E-state index >= 15 is 0 Å². The minimum atomic E-state index is -0.330. The zero-order chi connectivity index (χ0) is 21.2. The Kier molecular flexibility index (Phi) is 4.15. The average Bonchev–Trinajstić information content (AvgIpc) is 3.50. The van der Waals surface area contributed by atoms with Crippen LogP contribution in [0, 0.1) is 22.0 Å². The van der Waals surface area contributed by atoms with Crippen molar-refractivity contribution in [3.8, 4) is 5.75 Å². The highest BCUT2D eigenvalue weighted by atomic mass is 16.6. The number of nitro benzene ring substituents is 1. The van der Waals surface area contributed by atoms with Crippen molar-refractivity contribution in [1.29, 1.82) is 0 Å². The molecule has 2 aromatic carbocycles. The summed E-state index contributed by atoms with van der Waals surface area (Å²) in [6, 6.07) is 13.0. The van der Waals surface area contributed by atoms with Crippen molar-refractivity contribution in [1.82, 2.24) is 9.88 Å². The fraction of sp³-hybridized carbons (Fsp3) is 0.440. The molecule has 1 saturated heterocycles. The molecule has 0 amide bonds. The number of piperidine rings is 1. The number of nitrogens with one attached hydrogen (secondary N) is 1. The van der Waals surface area contributed by atoms with Gasteiger partial charge in [0.2, 0.25) is 0 Å². The Morgan fingerprint density at radius 2 is 2.10 bits per heavy atom. The van der Waals surface area contributed by atoms with Crippen molar-refractivity contribution >= 4 is 16.6 Å². The molecular formula is C25H27N3O3. The number of hydrogen-bond donors (Lipinski definition) is 2. The summed E-state index contributed by atoms with van der Waals surface area (Å²) in [6.45, 7) is 3.37. The molecule has 0 spiro atoms. The molecule has 2 N–H and O–H groups in total. The molecule has 1 aliphatic heterocycles. The number of nitro groups is 1. The van der Waals surface area contributed by atoms with E-state index in [1.807, 2.05) is 18.2 Å². The summed E-state index contributed by atoms with van der Waals surface area (Å²) in [7, 11) is 0. The maximum atomic E-state index is 11.3. The second-order valence-corrected chi connectivity index (χ2v) is 9.81. The molecule has 0 radical (unpaired) electrons. The minimum Gasteiger partial charge on any atom is -0.508 e. The van der Waals surface area contributed by atoms with E-state index in [1.54, 1.807) is 18.2 Å². The van der Waals surface area contributed by atoms with Gasteiger partial charge >= 0.3 is 0 Å². The Bertz CT molecular complexity index is 1180. The van der Waals surface area contributed by atoms with Crippen LogP contribution in [0.2, 0.25) is 0 Å². The van der Waals surface area contributed by atoms with E-state index in [0.717, 1.165) is 49.2 Å². The molecule has 2 fully saturated rings. The number of fused-ring (bicyclic) bond motifs is 4. The zero-order valence-electron chi connectivity index (χ0n) is 17.5. The van der Waals surface area contributed by atoms with Crippen molar-refractivity contribution in [2.45, 2.75) is 37.5 Å². The molecule has 6 heteroatoms. The third kappa shape index (κ3) is 3.12. The van der Waals surface area contributed by atoms with E-state index in [2.05, 4.69) is 16.0 Å². The standard InChI is InChI=1S/C25H27N3O3/c29-20-3-1-2-17(10-20)25-8-9-27(14-16-4-5-16)15-18(25)11-22-21-7-6-19(28(30)31)12-23(21)26-24(22)13-25/h1-3,6-7,10,12,16,18,26,29H,4-5,8-9,11,13-15H2/t18?,25-/m1/s1. The second-order valence-electron chi connectivity index (χ2n) is 9.81. The largest absolute Gasteiger partial charge is 0.508 e. The predicted octanol–water partition coefficient (Wildman–Crippen LogP) is 4.55. The quantitative estimate of drug-likeness (QED) is 0.482. The molecule has 1 unspecified atom stereocenters. The van der Waals surface area contributed by atoms with E-state index in [0.29, 0.717) is 11.7 Å². The molecule has 2 atom stereocenters. The van der Waals surface area contributed by atoms with Gasteiger partial charge in [-0.3, -0.25) is 10.1 Å². The summed E-state index contributed by atoms with van der Waals surface area (Å²) in [5.74, 6) is 1.66. The van der Waals surface area contributed by atoms with Crippen LogP contribution in [0.4, 0.5) is 5.69 Å². The molecule has 2 aliphatic carbocycles. The first-order chi connectivity index (χ1) is 15.0. The highest BCUT2D eigenvalue weighted by Gasteiger charge is 2.48. The molecule has 31 heavy (non-hydrogen) atoms. The van der Waals surface area contributed by atoms with E-state index in [9.17, 15) is 15.2 Å². The van der Waals surface area contributed by atoms with Gasteiger partial charge in [0, 0.05) is 41.7 Å². The smallest absolute Gasteiger partial charge is 0.271 e. The Hall–Kier alpha value is -2.86. The van der Waals surface area contributed by atoms with Crippen LogP contribution in [0.25, 0.3) is 10.9 Å². The number of non-ortho nitro benzene ring substituents is 1. The number of likely N-dealkylation sites (tertiary alicyclic amines) is 1. The summed E-state index contributed by atoms with van der Waals surface area (Å²) >= 11 is 0. The fourth-order valence-electron chi connectivity index (χ4n) is 6.12. The van der Waals surface area contributed by atoms with Crippen molar-refractivity contribution in [3.05, 3.63) is 69.4 Å². The second kappa shape index (κ2) is 6.82. The Morgan fingerprint density at radius 1 is 1.23 bits per heavy atom. The normalized spacial score (nSPS) is 25.9. The molecule has 160 valence electrons. The Morgan fingerprint density at radius 3 is 2.87 bits per heavy atom. The van der Waals surface area contributed by atoms with Gasteiger partial charge in [0.1, 0.15) is 5.75 Å². The van der Waals surface area contributed by atoms with Crippen LogP contribution < -0.4 is 0 Å². The first kappa shape index (κ1) is 18.9. The number of aromatic amines is 1. The molecule has 2 heterocycles. The van der Waals surface area contributed by atoms with Gasteiger partial charge in [0.15, 0.2) is 0 Å². The summed E-state index contributed by atoms with van der Waals surface area (Å²) < 4.78 is 0. The van der Waals surface area contributed by atoms with Gasteiger partial charge in [-0.2, -0.15) is 0 Å². The van der Waals surface area contributed by atoms with Gasteiger partial charge < -0.3 is 15.0 Å². The number of aromatic hydroxyl groups is 1. The number of hydrogen-bond acceptors (Lipinski definition) is 4. The van der Waals surface area contributed by atoms with Crippen LogP contribution in [0.5, 0.6) is 5.75 Å². The Balaban J connectivity index is 1.44. The number of phenols is 1. The molecule has 3 aliphatic rings. The van der Waals surface area contributed by atoms with Crippen LogP contribution in [-0.4, -0.2) is 39.5 Å². The number of benzene rings is 2. The fourth-order valence-corrected chi connectivity index (χ4v) is 6.12. The SMILES string of the molecule is O=[N+]([O-])c1ccc2c3c([nH]c2c1)C[C@@]1(c2cccc(O)c2)CCN(CC2CC2)CC1C3. The third-order valence-electron chi connectivity index (χ3n) is 7.90. The first-order valence-corrected chi connectivity index (χ1v) is 11.3. The number of aromatic nitrogens is 1. The molecule has 6 rings (SSSR count). The maximum Gasteiger partial charge on any atom is 0.271 e. The highest BCUT2D eigenvalue weighted by Crippen LogP contribution is 2.50. The number of H-pyrrole nitrogens is 1. The van der Waals surface area contributed by atoms with Crippen LogP contribution in [-0.2, 0) is 18.3 Å². The lowest BCUT2D eigenvalue weighted by molar-refractivity contribution is -0.384. The summed E-state index contributed by atoms with van der Waals surface area (Å²) in [5, 5.41) is 22.6. The third-order valence-corrected chi connectivity index (χ3v) is 7.90. The lowest BCUT2D eigenvalue weighted by atomic mass is 9.58. The molecule has 1 saturated carbocycles. The lowest BCUT2D eigenvalue weighted by Crippen LogP contribution is -2.54. The maximum absolute atomic E-state index is 11.3. The number of nitrogens with zero attached hydrogens (tertiary/aromatic N) is 2. The van der Waals surface area contributed by atoms with E-state index in [4.69, 9.17) is 0 Å². The average molecular weight is 418 g/mol. The van der Waals surface area contributed by atoms with Crippen LogP contribution >= 0.6 is 0 Å². The van der Waals surface area contributed by atoms with E-state index < -0.39 is 0 Å². The summed E-state index contributed by atoms with van der Waals surface area (Å²) in [5.41, 5.74) is 4.71. The number of phenolic OH excluding ortho intramolecular Hbond substituents is 1. The monoisotopic (exact) mass is 417 g/mol. The van der Waals surface area contributed by atoms with Gasteiger partial charge in [-0.1, -0.05) is 12.1 Å². The number of rotatable bonds is 4. The van der Waals surface area contributed by atoms with E-state index in [-0.39, 0.29) is 16.0 Å². The van der Waals surface area contributed by atoms with Crippen molar-refractivity contribution in [2.24, 2.45) is 11.8 Å². The molecule has 3 aromatic rings. The molecule has 0 bridgehead atoms. The highest BCUT2D eigenvalue weighted by molar-refractivity contribution is 5.87. The van der Waals surface area contributed by atoms with Crippen LogP contribution in [0.1, 0.15) is 36.1 Å². The van der Waals surface area contributed by atoms with Crippen molar-refractivity contribution in [3.63, 3.8) is 0 Å². The van der Waals surface area contributed by atoms with Gasteiger partial charge in [-0.05, 0) is 79.8 Å². The van der Waals surface area contributed by atoms with Crippen molar-refractivity contribution in [2.75, 3.05) is 19.6 Å². The van der Waals surface area contributed by atoms with Gasteiger partial charge in [-0.15, -0.1) is 0 Å². The van der Waals surface area contributed by atoms with Crippen LogP contribution in [0.3, 0.4) is 0 Å². The molecule has 1 aromatic heterocycles. The van der Waals surface area contributed by atoms with Crippen molar-refractivity contribution < 1.29 is 10.0 Å². The zero-order valence-corrected chi connectivity index (χ0v) is 17.5. The Labute approximate surface area is 181 Å². The van der Waals surface area contributed by atoms with Gasteiger partial charge in [0.25, 0.3) is 5.69 Å². The first-order valence-electron chi connectivity index (χ1n) is 11.3.